The van der Waals surface area contributed by atoms with Gasteiger partial charge in [-0.15, -0.1) is 6.42 Å². The predicted octanol–water partition coefficient (Wildman–Crippen LogP) is 3.36. The zero-order chi connectivity index (χ0) is 18.6. The second-order valence-corrected chi connectivity index (χ2v) is 7.01. The largest absolute Gasteiger partial charge is 0.481 e. The summed E-state index contributed by atoms with van der Waals surface area (Å²) in [6, 6.07) is 12.2. The summed E-state index contributed by atoms with van der Waals surface area (Å²) in [6.07, 6.45) is 9.38. The second-order valence-electron chi connectivity index (χ2n) is 7.01. The van der Waals surface area contributed by atoms with E-state index in [9.17, 15) is 0 Å². The summed E-state index contributed by atoms with van der Waals surface area (Å²) in [5.41, 5.74) is 3.19. The van der Waals surface area contributed by atoms with E-state index >= 15 is 0 Å². The van der Waals surface area contributed by atoms with Crippen molar-refractivity contribution in [2.45, 2.75) is 25.3 Å². The van der Waals surface area contributed by atoms with Gasteiger partial charge >= 0.3 is 0 Å². The van der Waals surface area contributed by atoms with E-state index in [2.05, 4.69) is 32.5 Å². The highest BCUT2D eigenvalue weighted by Crippen LogP contribution is 2.34. The molecular weight excluding hydrogens is 336 g/mol. The van der Waals surface area contributed by atoms with Crippen LogP contribution in [-0.2, 0) is 13.6 Å². The van der Waals surface area contributed by atoms with Crippen molar-refractivity contribution in [3.05, 3.63) is 54.0 Å². The van der Waals surface area contributed by atoms with Crippen LogP contribution >= 0.6 is 0 Å². The van der Waals surface area contributed by atoms with E-state index in [1.807, 2.05) is 37.5 Å². The van der Waals surface area contributed by atoms with Crippen LogP contribution in [0.25, 0.3) is 11.2 Å². The Kier molecular flexibility index (Phi) is 5.08. The number of fused-ring (bicyclic) bond motifs is 1. The molecule has 5 nitrogen and oxygen atoms in total. The Morgan fingerprint density at radius 2 is 2.00 bits per heavy atom. The number of aryl methyl sites for hydroxylation is 1. The Bertz CT molecular complexity index is 964. The Morgan fingerprint density at radius 1 is 1.19 bits per heavy atom. The molecule has 4 rings (SSSR count). The van der Waals surface area contributed by atoms with E-state index in [0.717, 1.165) is 55.2 Å². The Morgan fingerprint density at radius 3 is 2.78 bits per heavy atom. The third-order valence-electron chi connectivity index (χ3n) is 5.34. The Labute approximate surface area is 160 Å². The summed E-state index contributed by atoms with van der Waals surface area (Å²) in [5.74, 6) is 5.06. The molecule has 0 atom stereocenters. The quantitative estimate of drug-likeness (QED) is 0.655. The zero-order valence-electron chi connectivity index (χ0n) is 15.6. The number of imidazole rings is 1. The predicted molar refractivity (Wildman–Crippen MR) is 107 cm³/mol. The molecule has 0 saturated carbocycles. The molecule has 0 spiro atoms. The van der Waals surface area contributed by atoms with Gasteiger partial charge in [0.05, 0.1) is 6.54 Å². The molecule has 27 heavy (non-hydrogen) atoms. The first-order valence-electron chi connectivity index (χ1n) is 9.40. The maximum Gasteiger partial charge on any atom is 0.159 e. The number of piperidine rings is 1. The molecule has 0 bridgehead atoms. The molecule has 1 aliphatic rings. The fourth-order valence-corrected chi connectivity index (χ4v) is 3.88. The third-order valence-corrected chi connectivity index (χ3v) is 5.34. The lowest BCUT2D eigenvalue weighted by molar-refractivity contribution is 0.197. The summed E-state index contributed by atoms with van der Waals surface area (Å²) in [7, 11) is 2.05. The van der Waals surface area contributed by atoms with Gasteiger partial charge in [-0.1, -0.05) is 24.1 Å². The summed E-state index contributed by atoms with van der Waals surface area (Å²) in [6.45, 7) is 3.26. The van der Waals surface area contributed by atoms with Crippen LogP contribution in [0.3, 0.4) is 0 Å². The van der Waals surface area contributed by atoms with Crippen LogP contribution in [0.2, 0.25) is 0 Å². The normalized spacial score (nSPS) is 15.7. The average Bonchev–Trinajstić information content (AvgIpc) is 3.03. The highest BCUT2D eigenvalue weighted by molar-refractivity contribution is 5.70. The molecule has 138 valence electrons. The molecule has 0 N–H and O–H groups in total. The number of likely N-dealkylation sites (tertiary alicyclic amines) is 1. The van der Waals surface area contributed by atoms with Gasteiger partial charge in [0, 0.05) is 13.2 Å². The molecule has 3 aromatic rings. The molecule has 0 amide bonds. The monoisotopic (exact) mass is 360 g/mol. The van der Waals surface area contributed by atoms with Gasteiger partial charge in [0.25, 0.3) is 0 Å². The molecule has 0 unspecified atom stereocenters. The average molecular weight is 360 g/mol. The number of nitrogens with zero attached hydrogens (tertiary/aromatic N) is 4. The molecule has 1 fully saturated rings. The van der Waals surface area contributed by atoms with Gasteiger partial charge in [0.15, 0.2) is 5.65 Å². The molecule has 3 heterocycles. The first-order chi connectivity index (χ1) is 13.3. The second kappa shape index (κ2) is 7.81. The van der Waals surface area contributed by atoms with Crippen molar-refractivity contribution in [3.8, 4) is 18.1 Å². The van der Waals surface area contributed by atoms with Crippen molar-refractivity contribution >= 4 is 11.2 Å². The molecule has 0 aliphatic carbocycles. The van der Waals surface area contributed by atoms with Gasteiger partial charge < -0.3 is 9.30 Å². The van der Waals surface area contributed by atoms with Gasteiger partial charge in [-0.3, -0.25) is 4.90 Å². The molecule has 5 heteroatoms. The van der Waals surface area contributed by atoms with Gasteiger partial charge in [-0.2, -0.15) is 0 Å². The van der Waals surface area contributed by atoms with Gasteiger partial charge in [0.1, 0.15) is 23.7 Å². The molecule has 0 radical (unpaired) electrons. The number of hydrogen-bond acceptors (Lipinski definition) is 4. The highest BCUT2D eigenvalue weighted by Gasteiger charge is 2.24. The smallest absolute Gasteiger partial charge is 0.159 e. The third kappa shape index (κ3) is 3.67. The van der Waals surface area contributed by atoms with E-state index < -0.39 is 0 Å². The minimum absolute atomic E-state index is 0.316. The summed E-state index contributed by atoms with van der Waals surface area (Å²) >= 11 is 0. The number of para-hydroxylation sites is 1. The molecule has 1 saturated heterocycles. The minimum atomic E-state index is 0.316. The number of ether oxygens (including phenoxy) is 1. The lowest BCUT2D eigenvalue weighted by Crippen LogP contribution is -2.33. The number of terminal acetylenes is 1. The minimum Gasteiger partial charge on any atom is -0.481 e. The maximum absolute atomic E-state index is 5.74. The standard InChI is InChI=1S/C22H24N4O/c1-3-15-27-20-9-5-4-7-18(20)17-10-13-26(14-11-17)16-21-24-19-8-6-12-23-22(19)25(21)2/h1,4-9,12,17H,10-11,13-16H2,2H3. The van der Waals surface area contributed by atoms with Crippen LogP contribution < -0.4 is 4.74 Å². The lowest BCUT2D eigenvalue weighted by Gasteiger charge is -2.32. The molecule has 1 aromatic carbocycles. The van der Waals surface area contributed by atoms with Crippen molar-refractivity contribution < 1.29 is 4.74 Å². The fraction of sp³-hybridized carbons (Fsp3) is 0.364. The molecule has 2 aromatic heterocycles. The SMILES string of the molecule is C#CCOc1ccccc1C1CCN(Cc2nc3cccnc3n2C)CC1. The lowest BCUT2D eigenvalue weighted by atomic mass is 9.89. The van der Waals surface area contributed by atoms with Crippen molar-refractivity contribution in [1.82, 2.24) is 19.4 Å². The van der Waals surface area contributed by atoms with E-state index in [-0.39, 0.29) is 0 Å². The van der Waals surface area contributed by atoms with Crippen molar-refractivity contribution in [2.75, 3.05) is 19.7 Å². The summed E-state index contributed by atoms with van der Waals surface area (Å²) < 4.78 is 7.84. The van der Waals surface area contributed by atoms with Gasteiger partial charge in [0.2, 0.25) is 0 Å². The van der Waals surface area contributed by atoms with Crippen LogP contribution in [0.15, 0.2) is 42.6 Å². The topological polar surface area (TPSA) is 43.2 Å². The highest BCUT2D eigenvalue weighted by atomic mass is 16.5. The number of aromatic nitrogens is 3. The van der Waals surface area contributed by atoms with E-state index in [1.54, 1.807) is 0 Å². The van der Waals surface area contributed by atoms with Crippen LogP contribution in [-0.4, -0.2) is 39.1 Å². The summed E-state index contributed by atoms with van der Waals surface area (Å²) in [4.78, 5) is 11.7. The number of hydrogen-bond donors (Lipinski definition) is 0. The van der Waals surface area contributed by atoms with Crippen LogP contribution in [0.1, 0.15) is 30.1 Å². The van der Waals surface area contributed by atoms with Crippen LogP contribution in [0.4, 0.5) is 0 Å². The first kappa shape index (κ1) is 17.6. The van der Waals surface area contributed by atoms with E-state index in [4.69, 9.17) is 16.1 Å². The summed E-state index contributed by atoms with van der Waals surface area (Å²) in [5, 5.41) is 0. The van der Waals surface area contributed by atoms with Crippen molar-refractivity contribution in [2.24, 2.45) is 7.05 Å². The zero-order valence-corrected chi connectivity index (χ0v) is 15.6. The van der Waals surface area contributed by atoms with Crippen LogP contribution in [0, 0.1) is 12.3 Å². The Balaban J connectivity index is 1.42. The van der Waals surface area contributed by atoms with E-state index in [0.29, 0.717) is 12.5 Å². The number of rotatable bonds is 5. The van der Waals surface area contributed by atoms with Crippen LogP contribution in [0.5, 0.6) is 5.75 Å². The first-order valence-corrected chi connectivity index (χ1v) is 9.40. The fourth-order valence-electron chi connectivity index (χ4n) is 3.88. The number of pyridine rings is 1. The number of benzene rings is 1. The van der Waals surface area contributed by atoms with E-state index in [1.165, 1.54) is 5.56 Å². The van der Waals surface area contributed by atoms with Gasteiger partial charge in [-0.25, -0.2) is 9.97 Å². The van der Waals surface area contributed by atoms with Crippen molar-refractivity contribution in [3.63, 3.8) is 0 Å². The Hall–Kier alpha value is -2.84. The maximum atomic E-state index is 5.74. The van der Waals surface area contributed by atoms with Gasteiger partial charge in [-0.05, 0) is 55.6 Å². The molecular formula is C22H24N4O. The van der Waals surface area contributed by atoms with Crippen molar-refractivity contribution in [1.29, 1.82) is 0 Å². The molecule has 1 aliphatic heterocycles.